The summed E-state index contributed by atoms with van der Waals surface area (Å²) in [5.41, 5.74) is 1.80. The first-order valence-electron chi connectivity index (χ1n) is 10.6. The van der Waals surface area contributed by atoms with Crippen LogP contribution in [0.3, 0.4) is 0 Å². The summed E-state index contributed by atoms with van der Waals surface area (Å²) in [6.45, 7) is 13.2. The lowest BCUT2D eigenvalue weighted by Gasteiger charge is -2.34. The minimum atomic E-state index is -0.835. The van der Waals surface area contributed by atoms with Gasteiger partial charge in [0, 0.05) is 19.4 Å². The van der Waals surface area contributed by atoms with Gasteiger partial charge >= 0.3 is 5.97 Å². The van der Waals surface area contributed by atoms with Gasteiger partial charge in [0.2, 0.25) is 11.8 Å². The van der Waals surface area contributed by atoms with Crippen LogP contribution in [0.4, 0.5) is 0 Å². The number of benzene rings is 1. The first kappa shape index (κ1) is 26.4. The molecule has 0 fully saturated rings. The van der Waals surface area contributed by atoms with Crippen LogP contribution in [0.15, 0.2) is 43.0 Å². The van der Waals surface area contributed by atoms with Crippen molar-refractivity contribution in [3.63, 3.8) is 0 Å². The van der Waals surface area contributed by atoms with Gasteiger partial charge in [0.15, 0.2) is 0 Å². The van der Waals surface area contributed by atoms with Crippen molar-refractivity contribution in [2.24, 2.45) is 11.8 Å². The standard InChI is InChI=1S/C24H36N2O5/c1-7-11-19(22(28)25-30)15-21(27)26(16-17(2)3)20(23(29)31-24(4,5)6)14-18-12-9-8-10-13-18/h7-10,12-13,17,19-20,30H,1,11,14-16H2,2-6H3,(H,25,28)/t19-,20-/m0/s1. The number of hydrogen-bond acceptors (Lipinski definition) is 5. The van der Waals surface area contributed by atoms with Crippen molar-refractivity contribution in [1.82, 2.24) is 10.4 Å². The second kappa shape index (κ2) is 12.2. The number of nitrogens with one attached hydrogen (secondary N) is 1. The maximum absolute atomic E-state index is 13.3. The number of esters is 1. The third-order valence-corrected chi connectivity index (χ3v) is 4.56. The zero-order valence-corrected chi connectivity index (χ0v) is 19.3. The lowest BCUT2D eigenvalue weighted by molar-refractivity contribution is -0.165. The van der Waals surface area contributed by atoms with Crippen molar-refractivity contribution in [3.8, 4) is 0 Å². The summed E-state index contributed by atoms with van der Waals surface area (Å²) >= 11 is 0. The van der Waals surface area contributed by atoms with E-state index in [2.05, 4.69) is 6.58 Å². The predicted octanol–water partition coefficient (Wildman–Crippen LogP) is 3.51. The van der Waals surface area contributed by atoms with Crippen LogP contribution in [-0.4, -0.2) is 46.1 Å². The van der Waals surface area contributed by atoms with Gasteiger partial charge in [-0.25, -0.2) is 10.3 Å². The Kier molecular flexibility index (Phi) is 10.4. The molecule has 31 heavy (non-hydrogen) atoms. The van der Waals surface area contributed by atoms with E-state index in [1.807, 2.05) is 44.2 Å². The van der Waals surface area contributed by atoms with E-state index in [-0.39, 0.29) is 24.7 Å². The van der Waals surface area contributed by atoms with E-state index in [4.69, 9.17) is 9.94 Å². The Hall–Kier alpha value is -2.67. The number of amides is 2. The minimum absolute atomic E-state index is 0.0918. The van der Waals surface area contributed by atoms with Crippen molar-refractivity contribution in [1.29, 1.82) is 0 Å². The van der Waals surface area contributed by atoms with E-state index in [1.165, 1.54) is 11.0 Å². The monoisotopic (exact) mass is 432 g/mol. The Morgan fingerprint density at radius 2 is 1.81 bits per heavy atom. The fraction of sp³-hybridized carbons (Fsp3) is 0.542. The molecule has 0 radical (unpaired) electrons. The average molecular weight is 433 g/mol. The van der Waals surface area contributed by atoms with Crippen LogP contribution in [0.1, 0.15) is 53.0 Å². The molecule has 0 aliphatic heterocycles. The average Bonchev–Trinajstić information content (AvgIpc) is 2.68. The minimum Gasteiger partial charge on any atom is -0.458 e. The summed E-state index contributed by atoms with van der Waals surface area (Å²) in [6.07, 6.45) is 1.89. The number of carbonyl (C=O) groups excluding carboxylic acids is 3. The highest BCUT2D eigenvalue weighted by atomic mass is 16.6. The molecule has 0 saturated carbocycles. The molecule has 2 N–H and O–H groups in total. The number of hydroxylamine groups is 1. The van der Waals surface area contributed by atoms with Gasteiger partial charge in [-0.15, -0.1) is 6.58 Å². The quantitative estimate of drug-likeness (QED) is 0.241. The SMILES string of the molecule is C=CC[C@@H](CC(=O)N(CC(C)C)[C@@H](Cc1ccccc1)C(=O)OC(C)(C)C)C(=O)NO. The molecule has 2 atom stereocenters. The van der Waals surface area contributed by atoms with Gasteiger partial charge in [-0.2, -0.15) is 0 Å². The molecule has 0 heterocycles. The van der Waals surface area contributed by atoms with Gasteiger partial charge in [-0.3, -0.25) is 14.8 Å². The molecule has 0 spiro atoms. The van der Waals surface area contributed by atoms with Crippen LogP contribution in [0.25, 0.3) is 0 Å². The third kappa shape index (κ3) is 9.34. The first-order chi connectivity index (χ1) is 14.5. The van der Waals surface area contributed by atoms with Crippen molar-refractivity contribution in [2.45, 2.75) is 65.5 Å². The van der Waals surface area contributed by atoms with Crippen LogP contribution in [-0.2, 0) is 25.5 Å². The summed E-state index contributed by atoms with van der Waals surface area (Å²) in [5, 5.41) is 9.02. The molecule has 1 aromatic carbocycles. The number of allylic oxidation sites excluding steroid dienone is 1. The number of nitrogens with zero attached hydrogens (tertiary/aromatic N) is 1. The summed E-state index contributed by atoms with van der Waals surface area (Å²) in [5.74, 6) is -2.18. The number of rotatable bonds is 11. The number of carbonyl (C=O) groups is 3. The van der Waals surface area contributed by atoms with Crippen molar-refractivity contribution >= 4 is 17.8 Å². The molecule has 0 aromatic heterocycles. The fourth-order valence-corrected chi connectivity index (χ4v) is 3.23. The smallest absolute Gasteiger partial charge is 0.329 e. The van der Waals surface area contributed by atoms with E-state index in [1.54, 1.807) is 26.3 Å². The first-order valence-corrected chi connectivity index (χ1v) is 10.6. The highest BCUT2D eigenvalue weighted by molar-refractivity contribution is 5.88. The van der Waals surface area contributed by atoms with Crippen LogP contribution in [0.5, 0.6) is 0 Å². The molecule has 1 aromatic rings. The molecule has 0 saturated heterocycles. The third-order valence-electron chi connectivity index (χ3n) is 4.56. The zero-order chi connectivity index (χ0) is 23.6. The van der Waals surface area contributed by atoms with Gasteiger partial charge in [0.1, 0.15) is 11.6 Å². The topological polar surface area (TPSA) is 95.9 Å². The molecule has 0 unspecified atom stereocenters. The van der Waals surface area contributed by atoms with E-state index in [0.717, 1.165) is 5.56 Å². The molecule has 0 bridgehead atoms. The van der Waals surface area contributed by atoms with Crippen LogP contribution < -0.4 is 5.48 Å². The maximum atomic E-state index is 13.3. The Balaban J connectivity index is 3.27. The van der Waals surface area contributed by atoms with Crippen molar-refractivity contribution in [2.75, 3.05) is 6.54 Å². The highest BCUT2D eigenvalue weighted by Gasteiger charge is 2.35. The molecular formula is C24H36N2O5. The number of ether oxygens (including phenoxy) is 1. The summed E-state index contributed by atoms with van der Waals surface area (Å²) in [7, 11) is 0. The Morgan fingerprint density at radius 1 is 1.19 bits per heavy atom. The molecular weight excluding hydrogens is 396 g/mol. The molecule has 7 heteroatoms. The Labute approximate surface area is 185 Å². The second-order valence-corrected chi connectivity index (χ2v) is 9.08. The summed E-state index contributed by atoms with van der Waals surface area (Å²) < 4.78 is 5.64. The molecule has 1 rings (SSSR count). The van der Waals surface area contributed by atoms with Crippen LogP contribution in [0.2, 0.25) is 0 Å². The predicted molar refractivity (Wildman–Crippen MR) is 119 cm³/mol. The van der Waals surface area contributed by atoms with Gasteiger partial charge in [0.25, 0.3) is 0 Å². The van der Waals surface area contributed by atoms with E-state index >= 15 is 0 Å². The zero-order valence-electron chi connectivity index (χ0n) is 19.3. The largest absolute Gasteiger partial charge is 0.458 e. The molecule has 0 aliphatic rings. The normalized spacial score (nSPS) is 13.3. The van der Waals surface area contributed by atoms with Gasteiger partial charge in [-0.1, -0.05) is 50.3 Å². The van der Waals surface area contributed by atoms with Gasteiger partial charge in [0.05, 0.1) is 5.92 Å². The molecule has 2 amide bonds. The van der Waals surface area contributed by atoms with E-state index in [9.17, 15) is 14.4 Å². The Morgan fingerprint density at radius 3 is 2.29 bits per heavy atom. The Bertz CT molecular complexity index is 740. The molecule has 0 aliphatic carbocycles. The fourth-order valence-electron chi connectivity index (χ4n) is 3.23. The lowest BCUT2D eigenvalue weighted by atomic mass is 9.97. The molecule has 7 nitrogen and oxygen atoms in total. The maximum Gasteiger partial charge on any atom is 0.329 e. The van der Waals surface area contributed by atoms with Crippen LogP contribution in [0, 0.1) is 11.8 Å². The van der Waals surface area contributed by atoms with Crippen LogP contribution >= 0.6 is 0 Å². The highest BCUT2D eigenvalue weighted by Crippen LogP contribution is 2.20. The summed E-state index contributed by atoms with van der Waals surface area (Å²) in [4.78, 5) is 39.9. The van der Waals surface area contributed by atoms with E-state index in [0.29, 0.717) is 13.0 Å². The van der Waals surface area contributed by atoms with Gasteiger partial charge in [-0.05, 0) is 38.7 Å². The van der Waals surface area contributed by atoms with Crippen molar-refractivity contribution in [3.05, 3.63) is 48.6 Å². The number of hydrogen-bond donors (Lipinski definition) is 2. The summed E-state index contributed by atoms with van der Waals surface area (Å²) in [6, 6.07) is 8.60. The van der Waals surface area contributed by atoms with Crippen molar-refractivity contribution < 1.29 is 24.3 Å². The molecule has 172 valence electrons. The second-order valence-electron chi connectivity index (χ2n) is 9.08. The lowest BCUT2D eigenvalue weighted by Crippen LogP contribution is -2.50. The van der Waals surface area contributed by atoms with E-state index < -0.39 is 29.4 Å². The van der Waals surface area contributed by atoms with Gasteiger partial charge < -0.3 is 9.64 Å².